The number of hydrogen-bond donors (Lipinski definition) is 0. The molecule has 6 nitrogen and oxygen atoms in total. The van der Waals surface area contributed by atoms with Gasteiger partial charge in [0.05, 0.1) is 12.8 Å². The van der Waals surface area contributed by atoms with Gasteiger partial charge in [-0.15, -0.1) is 0 Å². The minimum absolute atomic E-state index is 0.00407. The Bertz CT molecular complexity index is 856. The summed E-state index contributed by atoms with van der Waals surface area (Å²) in [6.07, 6.45) is 1.18. The predicted octanol–water partition coefficient (Wildman–Crippen LogP) is 4.58. The van der Waals surface area contributed by atoms with Crippen molar-refractivity contribution in [1.29, 1.82) is 0 Å². The molecule has 2 fully saturated rings. The fraction of sp³-hybridized carbons (Fsp3) is 0.619. The Kier molecular flexibility index (Phi) is 5.26. The molecular formula is C21H26BrClN2O4. The van der Waals surface area contributed by atoms with Crippen LogP contribution in [0.4, 0.5) is 10.5 Å². The monoisotopic (exact) mass is 484 g/mol. The highest BCUT2D eigenvalue weighted by atomic mass is 79.9. The third-order valence-corrected chi connectivity index (χ3v) is 6.74. The molecule has 1 saturated heterocycles. The van der Waals surface area contributed by atoms with Gasteiger partial charge in [0.1, 0.15) is 11.6 Å². The third kappa shape index (κ3) is 3.96. The number of amides is 1. The maximum absolute atomic E-state index is 12.8. The Morgan fingerprint density at radius 2 is 1.93 bits per heavy atom. The number of hydrogen-bond acceptors (Lipinski definition) is 5. The van der Waals surface area contributed by atoms with Gasteiger partial charge in [-0.3, -0.25) is 4.90 Å². The Morgan fingerprint density at radius 1 is 1.21 bits per heavy atom. The number of likely N-dealkylation sites (tertiary alicyclic amines) is 1. The molecule has 1 aromatic carbocycles. The van der Waals surface area contributed by atoms with Crippen LogP contribution < -0.4 is 4.90 Å². The highest BCUT2D eigenvalue weighted by Gasteiger charge is 2.51. The molecule has 8 heteroatoms. The molecule has 158 valence electrons. The summed E-state index contributed by atoms with van der Waals surface area (Å²) in [5, 5.41) is 0.720. The fourth-order valence-electron chi connectivity index (χ4n) is 4.60. The number of fused-ring (bicyclic) bond motifs is 3. The van der Waals surface area contributed by atoms with Gasteiger partial charge in [0.15, 0.2) is 0 Å². The maximum atomic E-state index is 12.8. The summed E-state index contributed by atoms with van der Waals surface area (Å²) in [5.74, 6) is 0.742. The molecule has 0 radical (unpaired) electrons. The number of methoxy groups -OCH3 is 1. The first-order chi connectivity index (χ1) is 13.6. The first-order valence-electron chi connectivity index (χ1n) is 9.92. The molecule has 0 N–H and O–H groups in total. The van der Waals surface area contributed by atoms with Crippen LogP contribution in [0.25, 0.3) is 0 Å². The van der Waals surface area contributed by atoms with Crippen molar-refractivity contribution < 1.29 is 19.1 Å². The summed E-state index contributed by atoms with van der Waals surface area (Å²) in [6, 6.07) is 3.32. The van der Waals surface area contributed by atoms with E-state index >= 15 is 0 Å². The van der Waals surface area contributed by atoms with Crippen LogP contribution in [-0.2, 0) is 14.3 Å². The number of ether oxygens (including phenoxy) is 2. The van der Waals surface area contributed by atoms with E-state index in [4.69, 9.17) is 21.1 Å². The summed E-state index contributed by atoms with van der Waals surface area (Å²) >= 11 is 9.99. The summed E-state index contributed by atoms with van der Waals surface area (Å²) in [4.78, 5) is 29.1. The van der Waals surface area contributed by atoms with Crippen molar-refractivity contribution in [3.8, 4) is 0 Å². The standard InChI is InChI=1S/C21H26BrClN2O4/c1-21(2,3)29-20(27)25-10-13(8-17(25)19(26)28-4)24-9-11-5-14(11)15-6-12(23)7-16(22)18(15)24/h6-7,11,13-14,17H,5,8-10H2,1-4H3/t11?,13-,14?,17+/m0/s1. The van der Waals surface area contributed by atoms with E-state index in [1.807, 2.05) is 26.8 Å². The lowest BCUT2D eigenvalue weighted by molar-refractivity contribution is -0.145. The number of esters is 1. The normalized spacial score (nSPS) is 27.9. The number of benzene rings is 1. The lowest BCUT2D eigenvalue weighted by Gasteiger charge is -2.37. The van der Waals surface area contributed by atoms with Crippen molar-refractivity contribution in [2.75, 3.05) is 25.1 Å². The van der Waals surface area contributed by atoms with Gasteiger partial charge in [-0.25, -0.2) is 9.59 Å². The van der Waals surface area contributed by atoms with Gasteiger partial charge in [0.25, 0.3) is 0 Å². The predicted molar refractivity (Wildman–Crippen MR) is 114 cm³/mol. The SMILES string of the molecule is COC(=O)[C@H]1C[C@H](N2CC3CC3c3cc(Cl)cc(Br)c32)CN1C(=O)OC(C)(C)C. The lowest BCUT2D eigenvalue weighted by Crippen LogP contribution is -2.45. The van der Waals surface area contributed by atoms with E-state index in [9.17, 15) is 9.59 Å². The fourth-order valence-corrected chi connectivity index (χ4v) is 5.66. The summed E-state index contributed by atoms with van der Waals surface area (Å²) in [5.41, 5.74) is 1.76. The molecule has 4 atom stereocenters. The average Bonchev–Trinajstić information content (AvgIpc) is 3.27. The largest absolute Gasteiger partial charge is 0.467 e. The number of halogens is 2. The van der Waals surface area contributed by atoms with Crippen LogP contribution in [0.5, 0.6) is 0 Å². The Labute approximate surface area is 184 Å². The third-order valence-electron chi connectivity index (χ3n) is 5.92. The van der Waals surface area contributed by atoms with Crippen molar-refractivity contribution >= 4 is 45.3 Å². The van der Waals surface area contributed by atoms with Gasteiger partial charge in [-0.05, 0) is 72.7 Å². The molecule has 1 saturated carbocycles. The topological polar surface area (TPSA) is 59.1 Å². The summed E-state index contributed by atoms with van der Waals surface area (Å²) in [7, 11) is 1.35. The second-order valence-corrected chi connectivity index (χ2v) is 10.4. The molecule has 0 aromatic heterocycles. The maximum Gasteiger partial charge on any atom is 0.411 e. The summed E-state index contributed by atoms with van der Waals surface area (Å²) in [6.45, 7) is 6.79. The molecule has 2 unspecified atom stereocenters. The zero-order valence-corrected chi connectivity index (χ0v) is 19.4. The second-order valence-electron chi connectivity index (χ2n) is 9.14. The summed E-state index contributed by atoms with van der Waals surface area (Å²) < 4.78 is 11.5. The molecule has 3 aliphatic rings. The smallest absolute Gasteiger partial charge is 0.411 e. The number of nitrogens with zero attached hydrogens (tertiary/aromatic N) is 2. The van der Waals surface area contributed by atoms with Crippen LogP contribution in [0.1, 0.15) is 45.1 Å². The van der Waals surface area contributed by atoms with Gasteiger partial charge in [0.2, 0.25) is 0 Å². The molecule has 1 aromatic rings. The van der Waals surface area contributed by atoms with Crippen molar-refractivity contribution in [3.05, 3.63) is 27.2 Å². The zero-order valence-electron chi connectivity index (χ0n) is 17.1. The quantitative estimate of drug-likeness (QED) is 0.574. The lowest BCUT2D eigenvalue weighted by atomic mass is 9.99. The van der Waals surface area contributed by atoms with Crippen LogP contribution in [-0.4, -0.2) is 54.8 Å². The first-order valence-corrected chi connectivity index (χ1v) is 11.1. The van der Waals surface area contributed by atoms with E-state index < -0.39 is 23.7 Å². The van der Waals surface area contributed by atoms with E-state index in [0.29, 0.717) is 24.8 Å². The van der Waals surface area contributed by atoms with Crippen molar-refractivity contribution in [2.45, 2.75) is 57.2 Å². The van der Waals surface area contributed by atoms with Crippen LogP contribution in [0.2, 0.25) is 5.02 Å². The highest BCUT2D eigenvalue weighted by molar-refractivity contribution is 9.10. The van der Waals surface area contributed by atoms with Crippen LogP contribution in [0, 0.1) is 5.92 Å². The molecule has 4 rings (SSSR count). The van der Waals surface area contributed by atoms with Crippen molar-refractivity contribution in [1.82, 2.24) is 4.90 Å². The molecular weight excluding hydrogens is 460 g/mol. The van der Waals surface area contributed by atoms with Crippen molar-refractivity contribution in [3.63, 3.8) is 0 Å². The number of rotatable bonds is 2. The molecule has 0 spiro atoms. The van der Waals surface area contributed by atoms with Crippen molar-refractivity contribution in [2.24, 2.45) is 5.92 Å². The first kappa shape index (κ1) is 20.8. The van der Waals surface area contributed by atoms with Gasteiger partial charge in [-0.1, -0.05) is 11.6 Å². The molecule has 1 aliphatic carbocycles. The van der Waals surface area contributed by atoms with Gasteiger partial charge < -0.3 is 14.4 Å². The molecule has 2 aliphatic heterocycles. The second kappa shape index (κ2) is 7.34. The Hall–Kier alpha value is -1.47. The van der Waals surface area contributed by atoms with Crippen LogP contribution in [0.15, 0.2) is 16.6 Å². The molecule has 0 bridgehead atoms. The number of anilines is 1. The average molecular weight is 486 g/mol. The van der Waals surface area contributed by atoms with Gasteiger partial charge in [-0.2, -0.15) is 0 Å². The minimum atomic E-state index is -0.647. The van der Waals surface area contributed by atoms with Gasteiger partial charge in [0, 0.05) is 35.0 Å². The zero-order chi connectivity index (χ0) is 21.1. The minimum Gasteiger partial charge on any atom is -0.467 e. The molecule has 1 amide bonds. The molecule has 2 heterocycles. The van der Waals surface area contributed by atoms with E-state index in [2.05, 4.69) is 26.9 Å². The van der Waals surface area contributed by atoms with E-state index in [1.165, 1.54) is 17.6 Å². The molecule has 29 heavy (non-hydrogen) atoms. The highest BCUT2D eigenvalue weighted by Crippen LogP contribution is 2.57. The van der Waals surface area contributed by atoms with E-state index in [-0.39, 0.29) is 6.04 Å². The van der Waals surface area contributed by atoms with Gasteiger partial charge >= 0.3 is 12.1 Å². The van der Waals surface area contributed by atoms with E-state index in [1.54, 1.807) is 0 Å². The van der Waals surface area contributed by atoms with Crippen LogP contribution in [0.3, 0.4) is 0 Å². The number of carbonyl (C=O) groups is 2. The Balaban J connectivity index is 1.64. The van der Waals surface area contributed by atoms with Crippen LogP contribution >= 0.6 is 27.5 Å². The Morgan fingerprint density at radius 3 is 2.59 bits per heavy atom. The van der Waals surface area contributed by atoms with E-state index in [0.717, 1.165) is 28.1 Å². The number of carbonyl (C=O) groups excluding carboxylic acids is 2.